The van der Waals surface area contributed by atoms with Crippen LogP contribution >= 0.6 is 0 Å². The van der Waals surface area contributed by atoms with Gasteiger partial charge < -0.3 is 10.2 Å². The third-order valence-electron chi connectivity index (χ3n) is 8.74. The molecule has 0 spiro atoms. The third kappa shape index (κ3) is 2.05. The van der Waals surface area contributed by atoms with Crippen molar-refractivity contribution in [3.8, 4) is 0 Å². The SMILES string of the molecule is CC[C@]1(C)C[C@@H](O)[C@]2(C)[C@H](C)CC[C@]3(CCC(=O)[C@@H]32)[C@@H](C)[C@@H]1O. The van der Waals surface area contributed by atoms with E-state index in [2.05, 4.69) is 34.6 Å². The maximum atomic E-state index is 12.9. The van der Waals surface area contributed by atoms with Crippen molar-refractivity contribution in [2.75, 3.05) is 0 Å². The van der Waals surface area contributed by atoms with Gasteiger partial charge in [-0.3, -0.25) is 4.79 Å². The monoisotopic (exact) mass is 322 g/mol. The molecule has 3 rings (SSSR count). The molecular weight excluding hydrogens is 288 g/mol. The maximum Gasteiger partial charge on any atom is 0.137 e. The van der Waals surface area contributed by atoms with E-state index in [-0.39, 0.29) is 28.1 Å². The van der Waals surface area contributed by atoms with Crippen LogP contribution in [-0.2, 0) is 4.79 Å². The first-order valence-corrected chi connectivity index (χ1v) is 9.52. The lowest BCUT2D eigenvalue weighted by Gasteiger charge is -2.61. The second-order valence-corrected chi connectivity index (χ2v) is 9.40. The molecule has 2 N–H and O–H groups in total. The molecule has 8 atom stereocenters. The Bertz CT molecular complexity index is 503. The molecular formula is C20H34O3. The van der Waals surface area contributed by atoms with Crippen LogP contribution in [0.1, 0.15) is 73.1 Å². The molecule has 3 aliphatic rings. The van der Waals surface area contributed by atoms with E-state index in [0.29, 0.717) is 24.5 Å². The van der Waals surface area contributed by atoms with E-state index >= 15 is 0 Å². The molecule has 132 valence electrons. The van der Waals surface area contributed by atoms with E-state index in [1.807, 2.05) is 0 Å². The second-order valence-electron chi connectivity index (χ2n) is 9.40. The van der Waals surface area contributed by atoms with Gasteiger partial charge in [0.2, 0.25) is 0 Å². The summed E-state index contributed by atoms with van der Waals surface area (Å²) in [5, 5.41) is 22.4. The molecule has 0 aliphatic heterocycles. The van der Waals surface area contributed by atoms with E-state index in [1.165, 1.54) is 0 Å². The Morgan fingerprint density at radius 2 is 1.83 bits per heavy atom. The normalized spacial score (nSPS) is 56.8. The van der Waals surface area contributed by atoms with Gasteiger partial charge in [-0.25, -0.2) is 0 Å². The molecule has 0 aromatic rings. The Kier molecular flexibility index (Phi) is 4.01. The number of hydrogen-bond acceptors (Lipinski definition) is 3. The van der Waals surface area contributed by atoms with Crippen LogP contribution in [0.5, 0.6) is 0 Å². The van der Waals surface area contributed by atoms with Crippen LogP contribution in [0.15, 0.2) is 0 Å². The molecule has 2 bridgehead atoms. The summed E-state index contributed by atoms with van der Waals surface area (Å²) in [6, 6.07) is 0. The van der Waals surface area contributed by atoms with Gasteiger partial charge >= 0.3 is 0 Å². The summed E-state index contributed by atoms with van der Waals surface area (Å²) in [6.45, 7) is 10.8. The lowest BCUT2D eigenvalue weighted by atomic mass is 9.43. The first-order chi connectivity index (χ1) is 10.6. The van der Waals surface area contributed by atoms with Crippen LogP contribution in [-0.4, -0.2) is 28.2 Å². The van der Waals surface area contributed by atoms with Crippen molar-refractivity contribution in [1.29, 1.82) is 0 Å². The Balaban J connectivity index is 2.19. The number of aliphatic hydroxyl groups is 2. The lowest BCUT2D eigenvalue weighted by molar-refractivity contribution is -0.198. The van der Waals surface area contributed by atoms with Crippen molar-refractivity contribution < 1.29 is 15.0 Å². The average Bonchev–Trinajstić information content (AvgIpc) is 2.87. The van der Waals surface area contributed by atoms with Crippen molar-refractivity contribution in [3.05, 3.63) is 0 Å². The highest BCUT2D eigenvalue weighted by atomic mass is 16.3. The van der Waals surface area contributed by atoms with Gasteiger partial charge in [-0.15, -0.1) is 0 Å². The van der Waals surface area contributed by atoms with E-state index in [0.717, 1.165) is 25.7 Å². The molecule has 23 heavy (non-hydrogen) atoms. The number of aliphatic hydroxyl groups excluding tert-OH is 2. The van der Waals surface area contributed by atoms with Gasteiger partial charge in [0.05, 0.1) is 12.2 Å². The fourth-order valence-corrected chi connectivity index (χ4v) is 6.57. The maximum absolute atomic E-state index is 12.9. The number of Topliss-reactive ketones (excluding diaryl/α,β-unsaturated/α-hetero) is 1. The molecule has 3 saturated carbocycles. The molecule has 3 heteroatoms. The predicted octanol–water partition coefficient (Wildman–Crippen LogP) is 3.57. The molecule has 3 aliphatic carbocycles. The standard InChI is InChI=1S/C20H34O3/c1-6-18(4)11-15(22)19(5)12(2)7-9-20(13(3)17(18)23)10-8-14(21)16(19)20/h12-13,15-17,22-23H,6-11H2,1-5H3/t12-,13+,15-,16-,17+,18-,19+,20+/m1/s1. The van der Waals surface area contributed by atoms with Gasteiger partial charge in [0.25, 0.3) is 0 Å². The largest absolute Gasteiger partial charge is 0.393 e. The first kappa shape index (κ1) is 17.4. The van der Waals surface area contributed by atoms with Crippen LogP contribution in [0.3, 0.4) is 0 Å². The fraction of sp³-hybridized carbons (Fsp3) is 0.950. The molecule has 0 aromatic carbocycles. The van der Waals surface area contributed by atoms with Crippen molar-refractivity contribution in [3.63, 3.8) is 0 Å². The number of ketones is 1. The van der Waals surface area contributed by atoms with Gasteiger partial charge in [-0.2, -0.15) is 0 Å². The highest BCUT2D eigenvalue weighted by Gasteiger charge is 2.67. The van der Waals surface area contributed by atoms with Crippen molar-refractivity contribution >= 4 is 5.78 Å². The minimum absolute atomic E-state index is 0.0835. The summed E-state index contributed by atoms with van der Waals surface area (Å²) in [4.78, 5) is 12.9. The lowest BCUT2D eigenvalue weighted by Crippen LogP contribution is -2.62. The van der Waals surface area contributed by atoms with Crippen molar-refractivity contribution in [2.24, 2.45) is 34.0 Å². The Morgan fingerprint density at radius 3 is 2.43 bits per heavy atom. The van der Waals surface area contributed by atoms with Gasteiger partial charge in [-0.05, 0) is 54.8 Å². The van der Waals surface area contributed by atoms with Gasteiger partial charge in [0.15, 0.2) is 0 Å². The highest BCUT2D eigenvalue weighted by Crippen LogP contribution is 2.67. The Labute approximate surface area is 140 Å². The van der Waals surface area contributed by atoms with Gasteiger partial charge in [0.1, 0.15) is 5.78 Å². The molecule has 0 aromatic heterocycles. The van der Waals surface area contributed by atoms with E-state index in [1.54, 1.807) is 0 Å². The van der Waals surface area contributed by atoms with Crippen LogP contribution in [0.4, 0.5) is 0 Å². The fourth-order valence-electron chi connectivity index (χ4n) is 6.57. The zero-order valence-electron chi connectivity index (χ0n) is 15.4. The zero-order chi connectivity index (χ0) is 17.2. The Morgan fingerprint density at radius 1 is 1.17 bits per heavy atom. The van der Waals surface area contributed by atoms with E-state index in [4.69, 9.17) is 0 Å². The summed E-state index contributed by atoms with van der Waals surface area (Å²) in [6.07, 6.45) is 4.07. The van der Waals surface area contributed by atoms with Crippen LogP contribution < -0.4 is 0 Å². The minimum atomic E-state index is -0.517. The number of carbonyl (C=O) groups is 1. The summed E-state index contributed by atoms with van der Waals surface area (Å²) in [5.74, 6) is 0.710. The third-order valence-corrected chi connectivity index (χ3v) is 8.74. The van der Waals surface area contributed by atoms with Crippen LogP contribution in [0.2, 0.25) is 0 Å². The zero-order valence-corrected chi connectivity index (χ0v) is 15.4. The average molecular weight is 322 g/mol. The van der Waals surface area contributed by atoms with Gasteiger partial charge in [-0.1, -0.05) is 34.6 Å². The molecule has 0 amide bonds. The molecule has 0 radical (unpaired) electrons. The quantitative estimate of drug-likeness (QED) is 0.776. The predicted molar refractivity (Wildman–Crippen MR) is 90.9 cm³/mol. The number of rotatable bonds is 1. The van der Waals surface area contributed by atoms with Crippen LogP contribution in [0.25, 0.3) is 0 Å². The van der Waals surface area contributed by atoms with Gasteiger partial charge in [0, 0.05) is 17.8 Å². The summed E-state index contributed by atoms with van der Waals surface area (Å²) >= 11 is 0. The summed E-state index contributed by atoms with van der Waals surface area (Å²) in [5.41, 5.74) is -0.743. The van der Waals surface area contributed by atoms with E-state index < -0.39 is 12.2 Å². The molecule has 0 saturated heterocycles. The smallest absolute Gasteiger partial charge is 0.137 e. The molecule has 0 heterocycles. The van der Waals surface area contributed by atoms with Crippen molar-refractivity contribution in [1.82, 2.24) is 0 Å². The number of carbonyl (C=O) groups excluding carboxylic acids is 1. The van der Waals surface area contributed by atoms with E-state index in [9.17, 15) is 15.0 Å². The first-order valence-electron chi connectivity index (χ1n) is 9.52. The topological polar surface area (TPSA) is 57.5 Å². The molecule has 3 fully saturated rings. The summed E-state index contributed by atoms with van der Waals surface area (Å²) < 4.78 is 0. The Hall–Kier alpha value is -0.410. The summed E-state index contributed by atoms with van der Waals surface area (Å²) in [7, 11) is 0. The van der Waals surface area contributed by atoms with Crippen LogP contribution in [0, 0.1) is 34.0 Å². The highest BCUT2D eigenvalue weighted by molar-refractivity contribution is 5.85. The molecule has 3 nitrogen and oxygen atoms in total. The van der Waals surface area contributed by atoms with Crippen molar-refractivity contribution in [2.45, 2.75) is 85.4 Å². The second kappa shape index (κ2) is 5.29. The molecule has 0 unspecified atom stereocenters. The number of hydrogen-bond donors (Lipinski definition) is 2. The minimum Gasteiger partial charge on any atom is -0.393 e.